The largest absolute Gasteiger partial charge is 0.396 e. The molecule has 0 radical (unpaired) electrons. The van der Waals surface area contributed by atoms with Gasteiger partial charge in [-0.3, -0.25) is 0 Å². The smallest absolute Gasteiger partial charge is 0.0961 e. The van der Waals surface area contributed by atoms with Gasteiger partial charge in [0.15, 0.2) is 0 Å². The van der Waals surface area contributed by atoms with Gasteiger partial charge >= 0.3 is 0 Å². The van der Waals surface area contributed by atoms with Gasteiger partial charge < -0.3 is 5.11 Å². The SMILES string of the molecule is Cc1ccc(C)c(-c2csc(C(C)CCO)n2)c1. The van der Waals surface area contributed by atoms with Crippen molar-refractivity contribution in [1.29, 1.82) is 0 Å². The molecule has 1 heterocycles. The normalized spacial score (nSPS) is 12.7. The summed E-state index contributed by atoms with van der Waals surface area (Å²) in [4.78, 5) is 4.71. The maximum Gasteiger partial charge on any atom is 0.0961 e. The summed E-state index contributed by atoms with van der Waals surface area (Å²) in [7, 11) is 0. The molecule has 0 saturated carbocycles. The van der Waals surface area contributed by atoms with Crippen molar-refractivity contribution in [3.8, 4) is 11.3 Å². The molecule has 0 spiro atoms. The Morgan fingerprint density at radius 1 is 1.33 bits per heavy atom. The van der Waals surface area contributed by atoms with Crippen LogP contribution in [0.15, 0.2) is 23.6 Å². The second kappa shape index (κ2) is 5.63. The van der Waals surface area contributed by atoms with E-state index in [1.54, 1.807) is 11.3 Å². The van der Waals surface area contributed by atoms with Crippen LogP contribution in [0.1, 0.15) is 35.4 Å². The molecule has 2 aromatic rings. The summed E-state index contributed by atoms with van der Waals surface area (Å²) >= 11 is 1.68. The second-order valence-electron chi connectivity index (χ2n) is 4.80. The summed E-state index contributed by atoms with van der Waals surface area (Å²) in [5.74, 6) is 0.332. The zero-order valence-electron chi connectivity index (χ0n) is 11.1. The third-order valence-electron chi connectivity index (χ3n) is 3.17. The first-order valence-corrected chi connectivity index (χ1v) is 7.13. The van der Waals surface area contributed by atoms with Gasteiger partial charge in [0.05, 0.1) is 10.7 Å². The molecular weight excluding hydrogens is 242 g/mol. The van der Waals surface area contributed by atoms with E-state index in [1.165, 1.54) is 16.7 Å². The van der Waals surface area contributed by atoms with E-state index in [0.29, 0.717) is 5.92 Å². The molecule has 1 N–H and O–H groups in total. The predicted octanol–water partition coefficient (Wildman–Crippen LogP) is 3.91. The number of aromatic nitrogens is 1. The van der Waals surface area contributed by atoms with Crippen LogP contribution in [0.4, 0.5) is 0 Å². The summed E-state index contributed by atoms with van der Waals surface area (Å²) in [6.45, 7) is 6.55. The first-order valence-electron chi connectivity index (χ1n) is 6.25. The number of aliphatic hydroxyl groups is 1. The fourth-order valence-corrected chi connectivity index (χ4v) is 2.88. The van der Waals surface area contributed by atoms with Gasteiger partial charge in [-0.15, -0.1) is 11.3 Å². The molecule has 18 heavy (non-hydrogen) atoms. The molecule has 2 nitrogen and oxygen atoms in total. The van der Waals surface area contributed by atoms with E-state index in [1.807, 2.05) is 0 Å². The van der Waals surface area contributed by atoms with Gasteiger partial charge in [-0.05, 0) is 31.9 Å². The van der Waals surface area contributed by atoms with Crippen LogP contribution < -0.4 is 0 Å². The zero-order chi connectivity index (χ0) is 13.1. The highest BCUT2D eigenvalue weighted by molar-refractivity contribution is 7.10. The van der Waals surface area contributed by atoms with Crippen molar-refractivity contribution in [2.24, 2.45) is 0 Å². The molecule has 0 aliphatic carbocycles. The third-order valence-corrected chi connectivity index (χ3v) is 4.25. The Kier molecular flexibility index (Phi) is 4.15. The molecular formula is C15H19NOS. The Morgan fingerprint density at radius 2 is 2.11 bits per heavy atom. The Bertz CT molecular complexity index is 533. The van der Waals surface area contributed by atoms with E-state index in [-0.39, 0.29) is 6.61 Å². The van der Waals surface area contributed by atoms with Gasteiger partial charge in [0.1, 0.15) is 0 Å². The Balaban J connectivity index is 2.32. The monoisotopic (exact) mass is 261 g/mol. The first-order chi connectivity index (χ1) is 8.61. The van der Waals surface area contributed by atoms with E-state index < -0.39 is 0 Å². The molecule has 0 bridgehead atoms. The van der Waals surface area contributed by atoms with E-state index in [9.17, 15) is 0 Å². The lowest BCUT2D eigenvalue weighted by Crippen LogP contribution is -1.96. The van der Waals surface area contributed by atoms with Crippen molar-refractivity contribution in [2.45, 2.75) is 33.1 Å². The van der Waals surface area contributed by atoms with Crippen LogP contribution in [0.5, 0.6) is 0 Å². The molecule has 1 aromatic heterocycles. The van der Waals surface area contributed by atoms with Crippen LogP contribution in [0, 0.1) is 13.8 Å². The lowest BCUT2D eigenvalue weighted by atomic mass is 10.0. The topological polar surface area (TPSA) is 33.1 Å². The van der Waals surface area contributed by atoms with Crippen LogP contribution in [-0.4, -0.2) is 16.7 Å². The zero-order valence-corrected chi connectivity index (χ0v) is 11.9. The fourth-order valence-electron chi connectivity index (χ4n) is 1.97. The molecule has 1 aromatic carbocycles. The van der Waals surface area contributed by atoms with Crippen molar-refractivity contribution in [3.63, 3.8) is 0 Å². The third kappa shape index (κ3) is 2.79. The van der Waals surface area contributed by atoms with E-state index in [0.717, 1.165) is 17.1 Å². The Labute approximate surface area is 112 Å². The van der Waals surface area contributed by atoms with Gasteiger partial charge in [0, 0.05) is 23.5 Å². The van der Waals surface area contributed by atoms with Gasteiger partial charge in [0.25, 0.3) is 0 Å². The minimum absolute atomic E-state index is 0.222. The highest BCUT2D eigenvalue weighted by Gasteiger charge is 2.12. The lowest BCUT2D eigenvalue weighted by Gasteiger charge is -2.06. The van der Waals surface area contributed by atoms with Crippen molar-refractivity contribution < 1.29 is 5.11 Å². The molecule has 0 saturated heterocycles. The lowest BCUT2D eigenvalue weighted by molar-refractivity contribution is 0.278. The van der Waals surface area contributed by atoms with Crippen LogP contribution in [0.25, 0.3) is 11.3 Å². The Hall–Kier alpha value is -1.19. The van der Waals surface area contributed by atoms with Crippen LogP contribution in [-0.2, 0) is 0 Å². The standard InChI is InChI=1S/C15H19NOS/c1-10-4-5-11(2)13(8-10)14-9-18-15(16-14)12(3)6-7-17/h4-5,8-9,12,17H,6-7H2,1-3H3. The van der Waals surface area contributed by atoms with Crippen molar-refractivity contribution in [1.82, 2.24) is 4.98 Å². The summed E-state index contributed by atoms with van der Waals surface area (Å²) in [5.41, 5.74) is 4.79. The Morgan fingerprint density at radius 3 is 2.83 bits per heavy atom. The van der Waals surface area contributed by atoms with Crippen LogP contribution in [0.2, 0.25) is 0 Å². The quantitative estimate of drug-likeness (QED) is 0.905. The number of hydrogen-bond donors (Lipinski definition) is 1. The van der Waals surface area contributed by atoms with Crippen LogP contribution >= 0.6 is 11.3 Å². The summed E-state index contributed by atoms with van der Waals surface area (Å²) in [6.07, 6.45) is 0.778. The average Bonchev–Trinajstić information content (AvgIpc) is 2.82. The predicted molar refractivity (Wildman–Crippen MR) is 77.1 cm³/mol. The summed E-state index contributed by atoms with van der Waals surface area (Å²) < 4.78 is 0. The number of aryl methyl sites for hydroxylation is 2. The maximum atomic E-state index is 8.98. The van der Waals surface area contributed by atoms with Crippen molar-refractivity contribution in [3.05, 3.63) is 39.7 Å². The molecule has 2 rings (SSSR count). The molecule has 0 amide bonds. The van der Waals surface area contributed by atoms with E-state index >= 15 is 0 Å². The van der Waals surface area contributed by atoms with Crippen molar-refractivity contribution >= 4 is 11.3 Å². The summed E-state index contributed by atoms with van der Waals surface area (Å²) in [5, 5.41) is 12.2. The average molecular weight is 261 g/mol. The van der Waals surface area contributed by atoms with Crippen molar-refractivity contribution in [2.75, 3.05) is 6.61 Å². The number of aliphatic hydroxyl groups excluding tert-OH is 1. The molecule has 1 unspecified atom stereocenters. The molecule has 0 fully saturated rings. The van der Waals surface area contributed by atoms with Gasteiger partial charge in [0.2, 0.25) is 0 Å². The minimum Gasteiger partial charge on any atom is -0.396 e. The first kappa shape index (κ1) is 13.2. The molecule has 96 valence electrons. The van der Waals surface area contributed by atoms with Crippen LogP contribution in [0.3, 0.4) is 0 Å². The van der Waals surface area contributed by atoms with Gasteiger partial charge in [-0.25, -0.2) is 4.98 Å². The number of rotatable bonds is 4. The number of hydrogen-bond acceptors (Lipinski definition) is 3. The van der Waals surface area contributed by atoms with Gasteiger partial charge in [-0.1, -0.05) is 24.6 Å². The molecule has 0 aliphatic heterocycles. The van der Waals surface area contributed by atoms with E-state index in [2.05, 4.69) is 44.4 Å². The minimum atomic E-state index is 0.222. The highest BCUT2D eigenvalue weighted by atomic mass is 32.1. The molecule has 1 atom stereocenters. The molecule has 3 heteroatoms. The number of nitrogens with zero attached hydrogens (tertiary/aromatic N) is 1. The van der Waals surface area contributed by atoms with E-state index in [4.69, 9.17) is 10.1 Å². The maximum absolute atomic E-state index is 8.98. The second-order valence-corrected chi connectivity index (χ2v) is 5.69. The highest BCUT2D eigenvalue weighted by Crippen LogP contribution is 2.30. The number of thiazole rings is 1. The molecule has 0 aliphatic rings. The summed E-state index contributed by atoms with van der Waals surface area (Å²) in [6, 6.07) is 6.45. The fraction of sp³-hybridized carbons (Fsp3) is 0.400. The number of benzene rings is 1. The van der Waals surface area contributed by atoms with Gasteiger partial charge in [-0.2, -0.15) is 0 Å².